The standard InChI is InChI=1S/C2H6O2Si3/c1-7(2,3-5)4-6/h1-2H3. The van der Waals surface area contributed by atoms with Gasteiger partial charge in [0.25, 0.3) is 0 Å². The van der Waals surface area contributed by atoms with E-state index in [9.17, 15) is 0 Å². The molecule has 0 rings (SSSR count). The topological polar surface area (TPSA) is 18.5 Å². The third-order valence-electron chi connectivity index (χ3n) is 0.492. The first-order valence-corrected chi connectivity index (χ1v) is 5.45. The molecule has 2 nitrogen and oxygen atoms in total. The number of rotatable bonds is 2. The summed E-state index contributed by atoms with van der Waals surface area (Å²) >= 11 is 0. The highest BCUT2D eigenvalue weighted by Gasteiger charge is 2.18. The van der Waals surface area contributed by atoms with E-state index in [-0.39, 0.29) is 0 Å². The van der Waals surface area contributed by atoms with E-state index in [0.717, 1.165) is 0 Å². The molecule has 0 aliphatic rings. The Morgan fingerprint density at radius 2 is 1.43 bits per heavy atom. The van der Waals surface area contributed by atoms with Crippen molar-refractivity contribution in [2.45, 2.75) is 13.1 Å². The molecule has 0 spiro atoms. The molecule has 0 fully saturated rings. The third kappa shape index (κ3) is 3.18. The Kier molecular flexibility index (Phi) is 3.00. The monoisotopic (exact) mass is 146 g/mol. The molecule has 7 heavy (non-hydrogen) atoms. The van der Waals surface area contributed by atoms with E-state index in [0.29, 0.717) is 0 Å². The molecule has 0 saturated heterocycles. The van der Waals surface area contributed by atoms with Crippen molar-refractivity contribution in [2.24, 2.45) is 0 Å². The van der Waals surface area contributed by atoms with Crippen LogP contribution in [0.2, 0.25) is 13.1 Å². The Morgan fingerprint density at radius 1 is 1.14 bits per heavy atom. The lowest BCUT2D eigenvalue weighted by Gasteiger charge is -2.16. The van der Waals surface area contributed by atoms with Gasteiger partial charge in [-0.15, -0.1) is 0 Å². The summed E-state index contributed by atoms with van der Waals surface area (Å²) in [7, 11) is 3.94. The van der Waals surface area contributed by atoms with Gasteiger partial charge in [-0.05, 0) is 13.1 Å². The van der Waals surface area contributed by atoms with E-state index < -0.39 is 8.56 Å². The first-order chi connectivity index (χ1) is 3.12. The highest BCUT2D eigenvalue weighted by atomic mass is 28.4. The van der Waals surface area contributed by atoms with Crippen molar-refractivity contribution in [3.05, 3.63) is 0 Å². The maximum Gasteiger partial charge on any atom is 0.310 e. The van der Waals surface area contributed by atoms with E-state index in [1.165, 1.54) is 0 Å². The average molecular weight is 146 g/mol. The summed E-state index contributed by atoms with van der Waals surface area (Å²) in [6.07, 6.45) is 0. The fourth-order valence-electron chi connectivity index (χ4n) is 0.0208. The second kappa shape index (κ2) is 2.78. The molecule has 38 valence electrons. The van der Waals surface area contributed by atoms with Crippen molar-refractivity contribution >= 4 is 29.5 Å². The van der Waals surface area contributed by atoms with Crippen LogP contribution < -0.4 is 0 Å². The molecule has 0 bridgehead atoms. The molecule has 0 aromatic carbocycles. The van der Waals surface area contributed by atoms with Gasteiger partial charge in [0.1, 0.15) is 0 Å². The second-order valence-electron chi connectivity index (χ2n) is 1.60. The third-order valence-corrected chi connectivity index (χ3v) is 4.42. The van der Waals surface area contributed by atoms with E-state index in [1.54, 1.807) is 0 Å². The molecule has 0 aliphatic carbocycles. The molecule has 0 atom stereocenters. The summed E-state index contributed by atoms with van der Waals surface area (Å²) < 4.78 is 9.52. The average Bonchev–Trinajstić information content (AvgIpc) is 1.68. The summed E-state index contributed by atoms with van der Waals surface area (Å²) in [5, 5.41) is 0. The van der Waals surface area contributed by atoms with Crippen LogP contribution in [0.5, 0.6) is 0 Å². The molecule has 0 heterocycles. The van der Waals surface area contributed by atoms with Crippen molar-refractivity contribution < 1.29 is 8.23 Å². The van der Waals surface area contributed by atoms with Crippen LogP contribution in [0.1, 0.15) is 0 Å². The van der Waals surface area contributed by atoms with Crippen LogP contribution in [0.25, 0.3) is 0 Å². The van der Waals surface area contributed by atoms with E-state index >= 15 is 0 Å². The maximum absolute atomic E-state index is 4.76. The molecule has 0 aromatic heterocycles. The quantitative estimate of drug-likeness (QED) is 0.506. The molecule has 0 unspecified atom stereocenters. The SMILES string of the molecule is C[Si](C)(O[Si])O[Si]. The Hall–Kier alpha value is 0.571. The van der Waals surface area contributed by atoms with Crippen LogP contribution in [0.4, 0.5) is 0 Å². The van der Waals surface area contributed by atoms with Gasteiger partial charge in [0.05, 0.1) is 0 Å². The molecule has 0 N–H and O–H groups in total. The van der Waals surface area contributed by atoms with Crippen LogP contribution in [-0.2, 0) is 8.23 Å². The van der Waals surface area contributed by atoms with Crippen LogP contribution in [0.15, 0.2) is 0 Å². The van der Waals surface area contributed by atoms with Gasteiger partial charge in [-0.25, -0.2) is 0 Å². The van der Waals surface area contributed by atoms with Crippen molar-refractivity contribution in [3.63, 3.8) is 0 Å². The smallest absolute Gasteiger partial charge is 0.310 e. The zero-order chi connectivity index (χ0) is 5.91. The largest absolute Gasteiger partial charge is 0.437 e. The summed E-state index contributed by atoms with van der Waals surface area (Å²) in [5.74, 6) is 0. The minimum Gasteiger partial charge on any atom is -0.437 e. The maximum atomic E-state index is 4.76. The molecule has 0 aromatic rings. The van der Waals surface area contributed by atoms with Gasteiger partial charge in [-0.3, -0.25) is 0 Å². The van der Waals surface area contributed by atoms with Gasteiger partial charge >= 0.3 is 8.56 Å². The van der Waals surface area contributed by atoms with Gasteiger partial charge < -0.3 is 8.23 Å². The predicted octanol–water partition coefficient (Wildman–Crippen LogP) is -0.112. The first-order valence-electron chi connectivity index (χ1n) is 1.82. The molecular weight excluding hydrogens is 140 g/mol. The zero-order valence-electron chi connectivity index (χ0n) is 4.32. The zero-order valence-corrected chi connectivity index (χ0v) is 7.32. The number of hydrogen-bond donors (Lipinski definition) is 0. The molecular formula is C2H6O2Si3. The molecule has 0 saturated carbocycles. The summed E-state index contributed by atoms with van der Waals surface area (Å²) in [5.41, 5.74) is 0. The summed E-state index contributed by atoms with van der Waals surface area (Å²) in [6, 6.07) is 0. The Morgan fingerprint density at radius 3 is 1.43 bits per heavy atom. The Labute approximate surface area is 51.5 Å². The van der Waals surface area contributed by atoms with Gasteiger partial charge in [-0.2, -0.15) is 0 Å². The summed E-state index contributed by atoms with van der Waals surface area (Å²) in [6.45, 7) is 3.79. The van der Waals surface area contributed by atoms with E-state index in [1.807, 2.05) is 13.1 Å². The fourth-order valence-corrected chi connectivity index (χ4v) is 0.563. The highest BCUT2D eigenvalue weighted by Crippen LogP contribution is 1.98. The van der Waals surface area contributed by atoms with Gasteiger partial charge in [-0.1, -0.05) is 0 Å². The first kappa shape index (κ1) is 7.57. The van der Waals surface area contributed by atoms with Gasteiger partial charge in [0.15, 0.2) is 0 Å². The van der Waals surface area contributed by atoms with Crippen molar-refractivity contribution in [3.8, 4) is 0 Å². The van der Waals surface area contributed by atoms with Crippen LogP contribution in [0, 0.1) is 0 Å². The van der Waals surface area contributed by atoms with Crippen LogP contribution in [0.3, 0.4) is 0 Å². The minimum absolute atomic E-state index is 1.82. The second-order valence-corrected chi connectivity index (χ2v) is 6.04. The molecule has 5 heteroatoms. The minimum atomic E-state index is -1.82. The predicted molar refractivity (Wildman–Crippen MR) is 31.2 cm³/mol. The van der Waals surface area contributed by atoms with Crippen molar-refractivity contribution in [1.82, 2.24) is 0 Å². The lowest BCUT2D eigenvalue weighted by Crippen LogP contribution is -2.32. The molecule has 0 aliphatic heterocycles. The Bertz CT molecular complexity index is 48.9. The number of hydrogen-bond acceptors (Lipinski definition) is 2. The van der Waals surface area contributed by atoms with E-state index in [4.69, 9.17) is 8.23 Å². The fraction of sp³-hybridized carbons (Fsp3) is 1.00. The van der Waals surface area contributed by atoms with Gasteiger partial charge in [0.2, 0.25) is 21.0 Å². The van der Waals surface area contributed by atoms with E-state index in [2.05, 4.69) is 21.0 Å². The van der Waals surface area contributed by atoms with Crippen LogP contribution >= 0.6 is 0 Å². The molecule has 0 amide bonds. The van der Waals surface area contributed by atoms with Crippen molar-refractivity contribution in [1.29, 1.82) is 0 Å². The lowest BCUT2D eigenvalue weighted by molar-refractivity contribution is 0.446. The summed E-state index contributed by atoms with van der Waals surface area (Å²) in [4.78, 5) is 0. The normalized spacial score (nSPS) is 12.0. The highest BCUT2D eigenvalue weighted by molar-refractivity contribution is 6.70. The Balaban J connectivity index is 3.36. The lowest BCUT2D eigenvalue weighted by atomic mass is 11.9. The van der Waals surface area contributed by atoms with Gasteiger partial charge in [0, 0.05) is 0 Å². The van der Waals surface area contributed by atoms with Crippen LogP contribution in [-0.4, -0.2) is 29.5 Å². The molecule has 6 radical (unpaired) electrons. The van der Waals surface area contributed by atoms with Crippen molar-refractivity contribution in [2.75, 3.05) is 0 Å².